The lowest BCUT2D eigenvalue weighted by molar-refractivity contribution is -0.244. The molecule has 0 aromatic heterocycles. The zero-order valence-corrected chi connectivity index (χ0v) is 14.4. The molecule has 1 aliphatic rings. The van der Waals surface area contributed by atoms with Gasteiger partial charge in [0.1, 0.15) is 0 Å². The Morgan fingerprint density at radius 1 is 1.29 bits per heavy atom. The highest BCUT2D eigenvalue weighted by Gasteiger charge is 2.44. The van der Waals surface area contributed by atoms with Crippen LogP contribution in [0.15, 0.2) is 12.7 Å². The molecular formula is C17H32N2O2. The molecule has 0 aromatic carbocycles. The molecule has 0 N–H and O–H groups in total. The van der Waals surface area contributed by atoms with E-state index in [4.69, 9.17) is 4.84 Å². The Kier molecular flexibility index (Phi) is 6.26. The van der Waals surface area contributed by atoms with Crippen LogP contribution in [-0.4, -0.2) is 40.2 Å². The monoisotopic (exact) mass is 296 g/mol. The zero-order valence-electron chi connectivity index (χ0n) is 14.4. The normalized spacial score (nSPS) is 20.8. The fourth-order valence-corrected chi connectivity index (χ4v) is 3.12. The highest BCUT2D eigenvalue weighted by atomic mass is 16.7. The van der Waals surface area contributed by atoms with E-state index in [0.717, 1.165) is 32.2 Å². The molecule has 4 heteroatoms. The number of amides is 1. The van der Waals surface area contributed by atoms with Crippen LogP contribution < -0.4 is 0 Å². The minimum absolute atomic E-state index is 0.123. The van der Waals surface area contributed by atoms with Crippen molar-refractivity contribution in [3.8, 4) is 0 Å². The number of unbranched alkanes of at least 4 members (excludes halogenated alkanes) is 1. The molecule has 21 heavy (non-hydrogen) atoms. The van der Waals surface area contributed by atoms with Gasteiger partial charge >= 0.3 is 6.09 Å². The molecule has 1 fully saturated rings. The number of hydrogen-bond donors (Lipinski definition) is 0. The van der Waals surface area contributed by atoms with E-state index in [-0.39, 0.29) is 17.2 Å². The Morgan fingerprint density at radius 2 is 1.86 bits per heavy atom. The quantitative estimate of drug-likeness (QED) is 0.682. The number of carbonyl (C=O) groups is 1. The summed E-state index contributed by atoms with van der Waals surface area (Å²) in [6.07, 6.45) is 6.78. The lowest BCUT2D eigenvalue weighted by atomic mass is 9.82. The van der Waals surface area contributed by atoms with Gasteiger partial charge in [-0.15, -0.1) is 11.6 Å². The smallest absolute Gasteiger partial charge is 0.350 e. The number of nitrogens with zero attached hydrogens (tertiary/aromatic N) is 2. The summed E-state index contributed by atoms with van der Waals surface area (Å²) in [5.41, 5.74) is -0.246. The Labute approximate surface area is 130 Å². The van der Waals surface area contributed by atoms with Gasteiger partial charge in [-0.2, -0.15) is 0 Å². The molecule has 1 amide bonds. The SMILES string of the molecule is C=CCN(CCCC)C(=O)ON1C(C)(C)CCCC1(C)C. The molecule has 1 saturated heterocycles. The standard InChI is InChI=1S/C17H32N2O2/c1-7-9-14-18(13-8-2)15(20)21-19-16(3,4)11-10-12-17(19,5)6/h8H,2,7,9-14H2,1,3-6H3. The maximum absolute atomic E-state index is 12.5. The summed E-state index contributed by atoms with van der Waals surface area (Å²) in [4.78, 5) is 20.0. The van der Waals surface area contributed by atoms with Gasteiger partial charge in [-0.1, -0.05) is 19.4 Å². The Hall–Kier alpha value is -1.03. The van der Waals surface area contributed by atoms with E-state index < -0.39 is 0 Å². The van der Waals surface area contributed by atoms with Crippen molar-refractivity contribution in [1.29, 1.82) is 0 Å². The summed E-state index contributed by atoms with van der Waals surface area (Å²) in [6.45, 7) is 15.7. The lowest BCUT2D eigenvalue weighted by Crippen LogP contribution is -2.59. The number of rotatable bonds is 6. The second kappa shape index (κ2) is 7.30. The van der Waals surface area contributed by atoms with Crippen LogP contribution in [0.5, 0.6) is 0 Å². The fraction of sp³-hybridized carbons (Fsp3) is 0.824. The number of piperidine rings is 1. The molecule has 0 atom stereocenters. The molecule has 1 aliphatic heterocycles. The van der Waals surface area contributed by atoms with Gasteiger partial charge in [0, 0.05) is 13.1 Å². The van der Waals surface area contributed by atoms with Crippen molar-refractivity contribution < 1.29 is 9.63 Å². The van der Waals surface area contributed by atoms with Gasteiger partial charge in [-0.3, -0.25) is 0 Å². The van der Waals surface area contributed by atoms with Crippen LogP contribution in [0.25, 0.3) is 0 Å². The van der Waals surface area contributed by atoms with Gasteiger partial charge in [0.2, 0.25) is 0 Å². The summed E-state index contributed by atoms with van der Waals surface area (Å²) in [6, 6.07) is 0. The maximum Gasteiger partial charge on any atom is 0.429 e. The third kappa shape index (κ3) is 4.73. The van der Waals surface area contributed by atoms with Gasteiger partial charge in [0.15, 0.2) is 0 Å². The third-order valence-corrected chi connectivity index (χ3v) is 4.24. The van der Waals surface area contributed by atoms with E-state index in [1.807, 2.05) is 5.06 Å². The maximum atomic E-state index is 12.5. The highest BCUT2D eigenvalue weighted by Crippen LogP contribution is 2.38. The second-order valence-corrected chi connectivity index (χ2v) is 7.22. The third-order valence-electron chi connectivity index (χ3n) is 4.24. The molecule has 4 nitrogen and oxygen atoms in total. The Morgan fingerprint density at radius 3 is 2.33 bits per heavy atom. The predicted octanol–water partition coefficient (Wildman–Crippen LogP) is 4.37. The van der Waals surface area contributed by atoms with Crippen molar-refractivity contribution >= 4 is 6.09 Å². The Balaban J connectivity index is 2.79. The van der Waals surface area contributed by atoms with Crippen molar-refractivity contribution in [2.24, 2.45) is 0 Å². The van der Waals surface area contributed by atoms with Gasteiger partial charge in [-0.25, -0.2) is 4.79 Å². The molecule has 122 valence electrons. The minimum atomic E-state index is -0.258. The van der Waals surface area contributed by atoms with Crippen LogP contribution in [0, 0.1) is 0 Å². The van der Waals surface area contributed by atoms with Crippen molar-refractivity contribution in [2.45, 2.75) is 77.8 Å². The predicted molar refractivity (Wildman–Crippen MR) is 87.0 cm³/mol. The van der Waals surface area contributed by atoms with Crippen LogP contribution in [0.1, 0.15) is 66.7 Å². The first-order chi connectivity index (χ1) is 9.74. The average Bonchev–Trinajstić information content (AvgIpc) is 2.38. The summed E-state index contributed by atoms with van der Waals surface area (Å²) >= 11 is 0. The molecule has 0 spiro atoms. The van der Waals surface area contributed by atoms with Crippen molar-refractivity contribution in [2.75, 3.05) is 13.1 Å². The van der Waals surface area contributed by atoms with E-state index >= 15 is 0 Å². The van der Waals surface area contributed by atoms with Gasteiger partial charge in [0.05, 0.1) is 11.1 Å². The summed E-state index contributed by atoms with van der Waals surface area (Å²) < 4.78 is 0. The number of hydroxylamine groups is 2. The molecular weight excluding hydrogens is 264 g/mol. The molecule has 0 unspecified atom stereocenters. The van der Waals surface area contributed by atoms with Crippen molar-refractivity contribution in [3.63, 3.8) is 0 Å². The molecule has 1 heterocycles. The molecule has 0 radical (unpaired) electrons. The zero-order chi connectivity index (χ0) is 16.1. The summed E-state index contributed by atoms with van der Waals surface area (Å²) in [5.74, 6) is 0. The largest absolute Gasteiger partial charge is 0.429 e. The van der Waals surface area contributed by atoms with E-state index in [0.29, 0.717) is 6.54 Å². The first-order valence-electron chi connectivity index (χ1n) is 8.12. The molecule has 0 bridgehead atoms. The van der Waals surface area contributed by atoms with Crippen LogP contribution >= 0.6 is 0 Å². The van der Waals surface area contributed by atoms with Gasteiger partial charge < -0.3 is 9.74 Å². The molecule has 0 saturated carbocycles. The van der Waals surface area contributed by atoms with E-state index in [2.05, 4.69) is 41.2 Å². The minimum Gasteiger partial charge on any atom is -0.350 e. The fourth-order valence-electron chi connectivity index (χ4n) is 3.12. The highest BCUT2D eigenvalue weighted by molar-refractivity contribution is 5.67. The van der Waals surface area contributed by atoms with Crippen LogP contribution in [-0.2, 0) is 4.84 Å². The first kappa shape index (κ1) is 18.0. The number of hydrogen-bond acceptors (Lipinski definition) is 3. The van der Waals surface area contributed by atoms with E-state index in [1.165, 1.54) is 6.42 Å². The van der Waals surface area contributed by atoms with E-state index in [1.54, 1.807) is 11.0 Å². The topological polar surface area (TPSA) is 32.8 Å². The molecule has 0 aliphatic carbocycles. The van der Waals surface area contributed by atoms with Crippen LogP contribution in [0.3, 0.4) is 0 Å². The Bertz CT molecular complexity index is 348. The second-order valence-electron chi connectivity index (χ2n) is 7.22. The van der Waals surface area contributed by atoms with Gasteiger partial charge in [0.25, 0.3) is 0 Å². The van der Waals surface area contributed by atoms with Crippen LogP contribution in [0.4, 0.5) is 4.79 Å². The lowest BCUT2D eigenvalue weighted by Gasteiger charge is -2.50. The van der Waals surface area contributed by atoms with Crippen molar-refractivity contribution in [3.05, 3.63) is 12.7 Å². The van der Waals surface area contributed by atoms with Gasteiger partial charge in [-0.05, 0) is 53.4 Å². The summed E-state index contributed by atoms with van der Waals surface area (Å²) in [5, 5.41) is 1.91. The first-order valence-corrected chi connectivity index (χ1v) is 8.12. The average molecular weight is 296 g/mol. The summed E-state index contributed by atoms with van der Waals surface area (Å²) in [7, 11) is 0. The van der Waals surface area contributed by atoms with Crippen molar-refractivity contribution in [1.82, 2.24) is 9.96 Å². The van der Waals surface area contributed by atoms with E-state index in [9.17, 15) is 4.79 Å². The molecule has 1 rings (SSSR count). The number of carbonyl (C=O) groups excluding carboxylic acids is 1. The molecule has 0 aromatic rings. The van der Waals surface area contributed by atoms with Crippen LogP contribution in [0.2, 0.25) is 0 Å².